The highest BCUT2D eigenvalue weighted by atomic mass is 79.9. The van der Waals surface area contributed by atoms with Gasteiger partial charge in [0.25, 0.3) is 0 Å². The van der Waals surface area contributed by atoms with Crippen molar-refractivity contribution in [2.24, 2.45) is 5.73 Å². The fourth-order valence-electron chi connectivity index (χ4n) is 2.05. The molecule has 0 spiro atoms. The van der Waals surface area contributed by atoms with E-state index in [1.165, 1.54) is 24.3 Å². The van der Waals surface area contributed by atoms with Crippen LogP contribution in [-0.4, -0.2) is 0 Å². The zero-order valence-electron chi connectivity index (χ0n) is 10.8. The van der Waals surface area contributed by atoms with Crippen molar-refractivity contribution in [3.63, 3.8) is 0 Å². The Labute approximate surface area is 123 Å². The number of hydrogen-bond donors (Lipinski definition) is 1. The Hall–Kier alpha value is -1.33. The van der Waals surface area contributed by atoms with Crippen LogP contribution in [0.15, 0.2) is 40.9 Å². The van der Waals surface area contributed by atoms with Gasteiger partial charge in [-0.1, -0.05) is 22.0 Å². The second-order valence-corrected chi connectivity index (χ2v) is 5.84. The van der Waals surface area contributed by atoms with Crippen LogP contribution in [0.1, 0.15) is 18.1 Å². The summed E-state index contributed by atoms with van der Waals surface area (Å²) in [5.41, 5.74) is 6.32. The van der Waals surface area contributed by atoms with Gasteiger partial charge in [0.1, 0.15) is 17.5 Å². The van der Waals surface area contributed by atoms with E-state index in [1.54, 1.807) is 13.0 Å². The van der Waals surface area contributed by atoms with Gasteiger partial charge in [0.2, 0.25) is 0 Å². The zero-order valence-corrected chi connectivity index (χ0v) is 12.3. The van der Waals surface area contributed by atoms with Gasteiger partial charge in [-0.15, -0.1) is 0 Å². The molecule has 2 aromatic carbocycles. The van der Waals surface area contributed by atoms with Crippen LogP contribution < -0.4 is 5.73 Å². The van der Waals surface area contributed by atoms with Gasteiger partial charge in [-0.05, 0) is 48.7 Å². The molecule has 2 N–H and O–H groups in total. The molecule has 1 unspecified atom stereocenters. The Kier molecular flexibility index (Phi) is 4.20. The summed E-state index contributed by atoms with van der Waals surface area (Å²) >= 11 is 3.26. The van der Waals surface area contributed by atoms with Crippen molar-refractivity contribution in [2.75, 3.05) is 0 Å². The van der Waals surface area contributed by atoms with Crippen LogP contribution in [0.5, 0.6) is 0 Å². The normalized spacial score (nSPS) is 14.1. The predicted octanol–water partition coefficient (Wildman–Crippen LogP) is 4.28. The minimum atomic E-state index is -0.969. The largest absolute Gasteiger partial charge is 0.321 e. The monoisotopic (exact) mass is 343 g/mol. The quantitative estimate of drug-likeness (QED) is 0.884. The van der Waals surface area contributed by atoms with Crippen molar-refractivity contribution in [2.45, 2.75) is 18.9 Å². The molecule has 0 aliphatic heterocycles. The maximum atomic E-state index is 13.3. The third-order valence-corrected chi connectivity index (χ3v) is 3.83. The standard InChI is InChI=1S/C15H13BrF3N/c1-15(20,10-4-12(18)6-13(19)5-10)8-9-2-3-11(17)7-14(9)16/h2-7H,8,20H2,1H3. The van der Waals surface area contributed by atoms with Crippen molar-refractivity contribution < 1.29 is 13.2 Å². The van der Waals surface area contributed by atoms with Crippen LogP contribution in [0.2, 0.25) is 0 Å². The van der Waals surface area contributed by atoms with Crippen LogP contribution in [-0.2, 0) is 12.0 Å². The molecule has 2 rings (SSSR count). The topological polar surface area (TPSA) is 26.0 Å². The van der Waals surface area contributed by atoms with E-state index in [0.29, 0.717) is 16.5 Å². The highest BCUT2D eigenvalue weighted by Crippen LogP contribution is 2.28. The SMILES string of the molecule is CC(N)(Cc1ccc(F)cc1Br)c1cc(F)cc(F)c1. The molecule has 1 nitrogen and oxygen atoms in total. The maximum absolute atomic E-state index is 13.3. The molecule has 0 heterocycles. The molecule has 0 saturated carbocycles. The Balaban J connectivity index is 2.34. The average Bonchev–Trinajstić information content (AvgIpc) is 2.31. The van der Waals surface area contributed by atoms with Gasteiger partial charge < -0.3 is 5.73 Å². The van der Waals surface area contributed by atoms with Crippen LogP contribution in [0, 0.1) is 17.5 Å². The van der Waals surface area contributed by atoms with Crippen LogP contribution in [0.3, 0.4) is 0 Å². The molecule has 0 saturated heterocycles. The molecule has 0 radical (unpaired) electrons. The summed E-state index contributed by atoms with van der Waals surface area (Å²) in [5, 5.41) is 0. The molecular weight excluding hydrogens is 331 g/mol. The van der Waals surface area contributed by atoms with E-state index in [0.717, 1.165) is 11.6 Å². The molecule has 0 aromatic heterocycles. The number of nitrogens with two attached hydrogens (primary N) is 1. The van der Waals surface area contributed by atoms with Crippen molar-refractivity contribution >= 4 is 15.9 Å². The van der Waals surface area contributed by atoms with Gasteiger partial charge in [0.15, 0.2) is 0 Å². The number of hydrogen-bond acceptors (Lipinski definition) is 1. The zero-order chi connectivity index (χ0) is 14.9. The number of halogens is 4. The van der Waals surface area contributed by atoms with Gasteiger partial charge in [-0.2, -0.15) is 0 Å². The predicted molar refractivity (Wildman–Crippen MR) is 75.7 cm³/mol. The molecule has 20 heavy (non-hydrogen) atoms. The summed E-state index contributed by atoms with van der Waals surface area (Å²) < 4.78 is 40.2. The van der Waals surface area contributed by atoms with Crippen LogP contribution in [0.25, 0.3) is 0 Å². The third kappa shape index (κ3) is 3.41. The first-order valence-electron chi connectivity index (χ1n) is 5.97. The van der Waals surface area contributed by atoms with Crippen LogP contribution in [0.4, 0.5) is 13.2 Å². The fraction of sp³-hybridized carbons (Fsp3) is 0.200. The van der Waals surface area contributed by atoms with E-state index in [9.17, 15) is 13.2 Å². The maximum Gasteiger partial charge on any atom is 0.126 e. The minimum absolute atomic E-state index is 0.316. The van der Waals surface area contributed by atoms with Crippen molar-refractivity contribution in [3.8, 4) is 0 Å². The molecule has 2 aromatic rings. The Morgan fingerprint density at radius 1 is 1.00 bits per heavy atom. The van der Waals surface area contributed by atoms with Crippen molar-refractivity contribution in [3.05, 3.63) is 69.4 Å². The second kappa shape index (κ2) is 5.58. The number of benzene rings is 2. The average molecular weight is 344 g/mol. The van der Waals surface area contributed by atoms with Gasteiger partial charge >= 0.3 is 0 Å². The summed E-state index contributed by atoms with van der Waals surface area (Å²) in [4.78, 5) is 0. The minimum Gasteiger partial charge on any atom is -0.321 e. The third-order valence-electron chi connectivity index (χ3n) is 3.09. The van der Waals surface area contributed by atoms with Crippen molar-refractivity contribution in [1.82, 2.24) is 0 Å². The summed E-state index contributed by atoms with van der Waals surface area (Å²) in [7, 11) is 0. The van der Waals surface area contributed by atoms with E-state index in [1.807, 2.05) is 0 Å². The van der Waals surface area contributed by atoms with Gasteiger partial charge in [-0.3, -0.25) is 0 Å². The first kappa shape index (κ1) is 15.1. The van der Waals surface area contributed by atoms with E-state index < -0.39 is 17.2 Å². The number of rotatable bonds is 3. The Morgan fingerprint density at radius 3 is 2.15 bits per heavy atom. The van der Waals surface area contributed by atoms with E-state index in [2.05, 4.69) is 15.9 Å². The summed E-state index contributed by atoms with van der Waals surface area (Å²) in [5.74, 6) is -1.71. The molecular formula is C15H13BrF3N. The molecule has 0 aliphatic carbocycles. The molecule has 106 valence electrons. The first-order valence-corrected chi connectivity index (χ1v) is 6.76. The molecule has 0 aliphatic rings. The lowest BCUT2D eigenvalue weighted by Gasteiger charge is -2.26. The molecule has 0 fully saturated rings. The second-order valence-electron chi connectivity index (χ2n) is 4.99. The lowest BCUT2D eigenvalue weighted by atomic mass is 9.86. The van der Waals surface area contributed by atoms with E-state index in [-0.39, 0.29) is 5.82 Å². The lowest BCUT2D eigenvalue weighted by molar-refractivity contribution is 0.477. The van der Waals surface area contributed by atoms with Crippen LogP contribution >= 0.6 is 15.9 Å². The Bertz CT molecular complexity index is 621. The highest BCUT2D eigenvalue weighted by Gasteiger charge is 2.24. The van der Waals surface area contributed by atoms with Crippen molar-refractivity contribution in [1.29, 1.82) is 0 Å². The summed E-state index contributed by atoms with van der Waals surface area (Å²) in [6.07, 6.45) is 0.316. The van der Waals surface area contributed by atoms with E-state index >= 15 is 0 Å². The Morgan fingerprint density at radius 2 is 1.60 bits per heavy atom. The van der Waals surface area contributed by atoms with Gasteiger partial charge in [0, 0.05) is 16.1 Å². The van der Waals surface area contributed by atoms with Gasteiger partial charge in [0.05, 0.1) is 0 Å². The molecule has 1 atom stereocenters. The smallest absolute Gasteiger partial charge is 0.126 e. The lowest BCUT2D eigenvalue weighted by Crippen LogP contribution is -2.35. The molecule has 5 heteroatoms. The molecule has 0 amide bonds. The fourth-order valence-corrected chi connectivity index (χ4v) is 2.54. The highest BCUT2D eigenvalue weighted by molar-refractivity contribution is 9.10. The summed E-state index contributed by atoms with van der Waals surface area (Å²) in [6.45, 7) is 1.68. The first-order chi connectivity index (χ1) is 9.28. The summed E-state index contributed by atoms with van der Waals surface area (Å²) in [6, 6.07) is 7.47. The van der Waals surface area contributed by atoms with Gasteiger partial charge in [-0.25, -0.2) is 13.2 Å². The van der Waals surface area contributed by atoms with E-state index in [4.69, 9.17) is 5.73 Å². The molecule has 0 bridgehead atoms.